The van der Waals surface area contributed by atoms with Crippen molar-refractivity contribution in [1.82, 2.24) is 4.90 Å². The Morgan fingerprint density at radius 1 is 1.18 bits per heavy atom. The molecular formula is C29H32N2O7. The number of hydrogen-bond acceptors (Lipinski definition) is 8. The van der Waals surface area contributed by atoms with Crippen molar-refractivity contribution in [1.29, 1.82) is 0 Å². The van der Waals surface area contributed by atoms with Crippen molar-refractivity contribution in [3.63, 3.8) is 0 Å². The van der Waals surface area contributed by atoms with Crippen LogP contribution < -0.4 is 5.73 Å². The molecule has 0 saturated heterocycles. The van der Waals surface area contributed by atoms with Gasteiger partial charge < -0.3 is 26.2 Å². The third kappa shape index (κ3) is 3.34. The van der Waals surface area contributed by atoms with Crippen LogP contribution >= 0.6 is 0 Å². The Balaban J connectivity index is 1.76. The van der Waals surface area contributed by atoms with E-state index in [0.717, 1.165) is 11.1 Å². The van der Waals surface area contributed by atoms with E-state index in [0.29, 0.717) is 17.5 Å². The van der Waals surface area contributed by atoms with Crippen LogP contribution in [0.3, 0.4) is 0 Å². The van der Waals surface area contributed by atoms with Gasteiger partial charge in [-0.25, -0.2) is 0 Å². The molecule has 9 heteroatoms. The van der Waals surface area contributed by atoms with Crippen LogP contribution in [0.25, 0.3) is 11.3 Å². The summed E-state index contributed by atoms with van der Waals surface area (Å²) in [5, 5.41) is 45.6. The lowest BCUT2D eigenvalue weighted by Crippen LogP contribution is -2.65. The molecule has 0 heterocycles. The number of nitrogens with zero attached hydrogens (tertiary/aromatic N) is 1. The van der Waals surface area contributed by atoms with Crippen molar-refractivity contribution < 1.29 is 34.8 Å². The van der Waals surface area contributed by atoms with Crippen LogP contribution in [-0.2, 0) is 20.8 Å². The summed E-state index contributed by atoms with van der Waals surface area (Å²) < 4.78 is 0. The number of rotatable bonds is 4. The molecule has 200 valence electrons. The number of amides is 1. The lowest BCUT2D eigenvalue weighted by Gasteiger charge is -2.50. The summed E-state index contributed by atoms with van der Waals surface area (Å²) in [6, 6.07) is 0.826. The molecule has 5 rings (SSSR count). The number of aliphatic hydroxyl groups excluding tert-OH is 2. The number of carbonyl (C=O) groups is 3. The summed E-state index contributed by atoms with van der Waals surface area (Å²) in [6.07, 6.45) is 6.69. The fourth-order valence-electron chi connectivity index (χ4n) is 6.75. The molecule has 1 aromatic rings. The van der Waals surface area contributed by atoms with Crippen molar-refractivity contribution in [3.05, 3.63) is 63.5 Å². The van der Waals surface area contributed by atoms with Crippen LogP contribution in [0.2, 0.25) is 0 Å². The quantitative estimate of drug-likeness (QED) is 0.378. The molecule has 0 radical (unpaired) electrons. The van der Waals surface area contributed by atoms with E-state index in [9.17, 15) is 34.8 Å². The number of benzene rings is 1. The second kappa shape index (κ2) is 8.68. The van der Waals surface area contributed by atoms with Crippen molar-refractivity contribution in [2.75, 3.05) is 14.1 Å². The van der Waals surface area contributed by atoms with Gasteiger partial charge >= 0.3 is 0 Å². The molecule has 1 saturated carbocycles. The molecular weight excluding hydrogens is 488 g/mol. The molecule has 4 aliphatic carbocycles. The Kier molecular flexibility index (Phi) is 5.92. The Bertz CT molecular complexity index is 1430. The molecule has 0 aliphatic heterocycles. The number of likely N-dealkylation sites (N-methyl/N-ethyl adjacent to an activating group) is 1. The molecule has 0 spiro atoms. The average molecular weight is 521 g/mol. The number of aliphatic hydroxyl groups is 3. The Hall–Kier alpha value is -3.69. The zero-order valence-corrected chi connectivity index (χ0v) is 21.8. The number of carbonyl (C=O) groups excluding carboxylic acids is 3. The molecule has 1 fully saturated rings. The number of allylic oxidation sites excluding steroid dienone is 4. The minimum absolute atomic E-state index is 0.0412. The van der Waals surface area contributed by atoms with Gasteiger partial charge in [0.25, 0.3) is 5.91 Å². The molecule has 0 bridgehead atoms. The third-order valence-electron chi connectivity index (χ3n) is 8.49. The monoisotopic (exact) mass is 520 g/mol. The van der Waals surface area contributed by atoms with Crippen LogP contribution in [-0.4, -0.2) is 68.5 Å². The van der Waals surface area contributed by atoms with E-state index in [2.05, 4.69) is 0 Å². The van der Waals surface area contributed by atoms with E-state index in [-0.39, 0.29) is 35.6 Å². The third-order valence-corrected chi connectivity index (χ3v) is 8.49. The van der Waals surface area contributed by atoms with Gasteiger partial charge in [0.2, 0.25) is 5.78 Å². The van der Waals surface area contributed by atoms with Gasteiger partial charge in [-0.15, -0.1) is 0 Å². The van der Waals surface area contributed by atoms with Crippen molar-refractivity contribution in [2.24, 2.45) is 17.6 Å². The summed E-state index contributed by atoms with van der Waals surface area (Å²) in [4.78, 5) is 40.8. The van der Waals surface area contributed by atoms with E-state index in [1.807, 2.05) is 38.1 Å². The van der Waals surface area contributed by atoms with E-state index in [4.69, 9.17) is 5.73 Å². The highest BCUT2D eigenvalue weighted by Gasteiger charge is 2.64. The fourth-order valence-corrected chi connectivity index (χ4v) is 6.75. The van der Waals surface area contributed by atoms with E-state index in [1.165, 1.54) is 4.90 Å². The molecule has 1 amide bonds. The molecule has 9 nitrogen and oxygen atoms in total. The molecule has 0 unspecified atom stereocenters. The second-order valence-electron chi connectivity index (χ2n) is 11.2. The lowest BCUT2D eigenvalue weighted by molar-refractivity contribution is -0.153. The number of ketones is 2. The van der Waals surface area contributed by atoms with Crippen molar-refractivity contribution in [2.45, 2.75) is 50.7 Å². The Morgan fingerprint density at radius 2 is 1.87 bits per heavy atom. The van der Waals surface area contributed by atoms with Gasteiger partial charge in [0, 0.05) is 17.1 Å². The predicted octanol–water partition coefficient (Wildman–Crippen LogP) is 2.43. The molecule has 0 aromatic heterocycles. The van der Waals surface area contributed by atoms with Gasteiger partial charge in [0.05, 0.1) is 11.6 Å². The van der Waals surface area contributed by atoms with E-state index in [1.54, 1.807) is 14.1 Å². The van der Waals surface area contributed by atoms with Crippen molar-refractivity contribution >= 4 is 28.8 Å². The van der Waals surface area contributed by atoms with Gasteiger partial charge in [-0.3, -0.25) is 19.3 Å². The number of phenolic OH excluding ortho intramolecular Hbond substituents is 1. The van der Waals surface area contributed by atoms with Crippen LogP contribution in [0, 0.1) is 11.8 Å². The average Bonchev–Trinajstić information content (AvgIpc) is 3.35. The SMILES string of the molecule is CC(C)c1cc(C2=CC=CC2)c(O)c2c1C[C@H]1C[C@H]3[C@H](N(C)C)C(=O)C(C(N)=O)=C(O)[C@@]3(O)C(=O)C1=C2O. The van der Waals surface area contributed by atoms with E-state index >= 15 is 0 Å². The first kappa shape index (κ1) is 25.9. The van der Waals surface area contributed by atoms with Crippen LogP contribution in [0.15, 0.2) is 41.2 Å². The molecule has 1 aromatic carbocycles. The molecule has 4 atom stereocenters. The number of nitrogens with two attached hydrogens (primary N) is 1. The summed E-state index contributed by atoms with van der Waals surface area (Å²) in [6.45, 7) is 4.02. The predicted molar refractivity (Wildman–Crippen MR) is 140 cm³/mol. The summed E-state index contributed by atoms with van der Waals surface area (Å²) >= 11 is 0. The first-order valence-corrected chi connectivity index (χ1v) is 12.7. The van der Waals surface area contributed by atoms with Crippen LogP contribution in [0.5, 0.6) is 5.75 Å². The van der Waals surface area contributed by atoms with Gasteiger partial charge in [-0.1, -0.05) is 32.1 Å². The van der Waals surface area contributed by atoms with Crippen molar-refractivity contribution in [3.8, 4) is 5.75 Å². The number of primary amides is 1. The van der Waals surface area contributed by atoms with Crippen LogP contribution in [0.4, 0.5) is 0 Å². The normalized spacial score (nSPS) is 28.6. The summed E-state index contributed by atoms with van der Waals surface area (Å²) in [7, 11) is 3.16. The summed E-state index contributed by atoms with van der Waals surface area (Å²) in [5.74, 6) is -6.37. The maximum absolute atomic E-state index is 14.0. The maximum atomic E-state index is 14.0. The number of Topliss-reactive ketones (excluding diaryl/α,β-unsaturated/α-hetero) is 2. The number of hydrogen-bond donors (Lipinski definition) is 5. The number of aromatic hydroxyl groups is 1. The first-order chi connectivity index (χ1) is 17.8. The summed E-state index contributed by atoms with van der Waals surface area (Å²) in [5.41, 5.74) is 4.95. The minimum Gasteiger partial charge on any atom is -0.508 e. The zero-order chi connectivity index (χ0) is 27.8. The molecule has 4 aliphatic rings. The Labute approximate surface area is 220 Å². The topological polar surface area (TPSA) is 161 Å². The zero-order valence-electron chi connectivity index (χ0n) is 21.8. The number of fused-ring (bicyclic) bond motifs is 3. The second-order valence-corrected chi connectivity index (χ2v) is 11.2. The highest BCUT2D eigenvalue weighted by Crippen LogP contribution is 2.54. The lowest BCUT2D eigenvalue weighted by atomic mass is 9.57. The Morgan fingerprint density at radius 3 is 2.42 bits per heavy atom. The highest BCUT2D eigenvalue weighted by atomic mass is 16.3. The largest absolute Gasteiger partial charge is 0.508 e. The maximum Gasteiger partial charge on any atom is 0.255 e. The van der Waals surface area contributed by atoms with E-state index < -0.39 is 58.0 Å². The standard InChI is InChI=1S/C29H32N2O7/c1-12(2)15-11-16(13-7-5-6-8-13)23(32)20-17(15)9-14-10-18-22(31(3)4)25(34)21(28(30)37)27(36)29(18,38)26(35)19(14)24(20)33/h5-7,11-12,14,18,22,32-33,36,38H,8-10H2,1-4H3,(H2,30,37)/t14-,18-,22-,29-/m0/s1. The van der Waals surface area contributed by atoms with Gasteiger partial charge in [-0.05, 0) is 68.0 Å². The van der Waals surface area contributed by atoms with Crippen LogP contribution in [0.1, 0.15) is 54.9 Å². The van der Waals surface area contributed by atoms with Gasteiger partial charge in [0.1, 0.15) is 22.8 Å². The first-order valence-electron chi connectivity index (χ1n) is 12.7. The highest BCUT2D eigenvalue weighted by molar-refractivity contribution is 6.24. The number of phenols is 1. The smallest absolute Gasteiger partial charge is 0.255 e. The molecule has 6 N–H and O–H groups in total. The molecule has 38 heavy (non-hydrogen) atoms. The fraction of sp³-hybridized carbons (Fsp3) is 0.414. The van der Waals surface area contributed by atoms with Gasteiger partial charge in [-0.2, -0.15) is 0 Å². The minimum atomic E-state index is -2.64. The van der Waals surface area contributed by atoms with Gasteiger partial charge in [0.15, 0.2) is 11.4 Å².